The lowest BCUT2D eigenvalue weighted by Gasteiger charge is -2.50. The molecule has 1 amide bonds. The van der Waals surface area contributed by atoms with E-state index in [1.54, 1.807) is 19.1 Å². The molecule has 3 aliphatic carbocycles. The monoisotopic (exact) mass is 717 g/mol. The van der Waals surface area contributed by atoms with Crippen molar-refractivity contribution in [2.45, 2.75) is 81.6 Å². The van der Waals surface area contributed by atoms with Gasteiger partial charge in [0.25, 0.3) is 0 Å². The van der Waals surface area contributed by atoms with Crippen molar-refractivity contribution in [3.8, 4) is 17.2 Å². The quantitative estimate of drug-likeness (QED) is 0.169. The van der Waals surface area contributed by atoms with Crippen LogP contribution in [0.5, 0.6) is 17.2 Å². The molecule has 0 radical (unpaired) electrons. The van der Waals surface area contributed by atoms with Crippen molar-refractivity contribution in [1.82, 2.24) is 4.90 Å². The number of hydrogen-bond donors (Lipinski definition) is 2. The van der Waals surface area contributed by atoms with Crippen LogP contribution in [0.1, 0.15) is 79.2 Å². The molecule has 8 rings (SSSR count). The number of aliphatic hydroxyl groups is 1. The van der Waals surface area contributed by atoms with Crippen LogP contribution in [0.15, 0.2) is 97.1 Å². The van der Waals surface area contributed by atoms with Gasteiger partial charge in [-0.25, -0.2) is 4.79 Å². The second-order valence-electron chi connectivity index (χ2n) is 15.8. The maximum absolute atomic E-state index is 14.2. The van der Waals surface area contributed by atoms with E-state index < -0.39 is 11.7 Å². The summed E-state index contributed by atoms with van der Waals surface area (Å²) in [5.41, 5.74) is 4.30. The molecule has 8 nitrogen and oxygen atoms in total. The van der Waals surface area contributed by atoms with E-state index in [9.17, 15) is 15.0 Å². The first-order valence-electron chi connectivity index (χ1n) is 19.2. The summed E-state index contributed by atoms with van der Waals surface area (Å²) in [5.74, 6) is 3.34. The van der Waals surface area contributed by atoms with E-state index >= 15 is 0 Å². The molecule has 4 aromatic rings. The van der Waals surface area contributed by atoms with Crippen molar-refractivity contribution in [1.29, 1.82) is 0 Å². The van der Waals surface area contributed by atoms with Crippen LogP contribution in [0.3, 0.4) is 0 Å². The Balaban J connectivity index is 1.04. The number of β-amino-alcohol motifs (C(OH)–C–C–N with tert-alkyl or cyclic N) is 1. The summed E-state index contributed by atoms with van der Waals surface area (Å²) >= 11 is 0. The number of fused-ring (bicyclic) bond motifs is 5. The number of ether oxygens (including phenoxy) is 4. The minimum atomic E-state index is -1.04. The lowest BCUT2D eigenvalue weighted by molar-refractivity contribution is -0.0502. The van der Waals surface area contributed by atoms with Crippen molar-refractivity contribution in [2.24, 2.45) is 17.3 Å². The van der Waals surface area contributed by atoms with Gasteiger partial charge in [0.05, 0.1) is 39.5 Å². The Morgan fingerprint density at radius 3 is 2.17 bits per heavy atom. The number of carbonyl (C=O) groups excluding carboxylic acids is 1. The van der Waals surface area contributed by atoms with Gasteiger partial charge >= 0.3 is 6.09 Å². The van der Waals surface area contributed by atoms with Crippen LogP contribution in [-0.4, -0.2) is 66.8 Å². The average Bonchev–Trinajstić information content (AvgIpc) is 3.74. The summed E-state index contributed by atoms with van der Waals surface area (Å²) in [6, 6.07) is 31.5. The van der Waals surface area contributed by atoms with E-state index in [1.165, 1.54) is 11.1 Å². The van der Waals surface area contributed by atoms with Crippen molar-refractivity contribution in [3.05, 3.63) is 125 Å². The van der Waals surface area contributed by atoms with E-state index in [-0.39, 0.29) is 36.8 Å². The zero-order chi connectivity index (χ0) is 36.7. The van der Waals surface area contributed by atoms with Crippen LogP contribution in [0.25, 0.3) is 0 Å². The summed E-state index contributed by atoms with van der Waals surface area (Å²) in [6.07, 6.45) is 5.21. The Labute approximate surface area is 312 Å². The van der Waals surface area contributed by atoms with Crippen molar-refractivity contribution < 1.29 is 34.0 Å². The lowest BCUT2D eigenvalue weighted by Crippen LogP contribution is -2.48. The highest BCUT2D eigenvalue weighted by Gasteiger charge is 2.57. The second kappa shape index (κ2) is 14.4. The van der Waals surface area contributed by atoms with Crippen LogP contribution in [0.4, 0.5) is 4.79 Å². The van der Waals surface area contributed by atoms with Crippen LogP contribution >= 0.6 is 0 Å². The van der Waals surface area contributed by atoms with Gasteiger partial charge in [-0.3, -0.25) is 0 Å². The van der Waals surface area contributed by atoms with E-state index in [2.05, 4.69) is 25.1 Å². The predicted molar refractivity (Wildman–Crippen MR) is 202 cm³/mol. The zero-order valence-electron chi connectivity index (χ0n) is 30.9. The minimum Gasteiger partial charge on any atom is -0.508 e. The summed E-state index contributed by atoms with van der Waals surface area (Å²) < 4.78 is 24.7. The van der Waals surface area contributed by atoms with E-state index in [0.717, 1.165) is 66.7 Å². The molecule has 0 bridgehead atoms. The molecule has 1 heterocycles. The first-order chi connectivity index (χ1) is 25.7. The topological polar surface area (TPSA) is 97.7 Å². The molecule has 0 spiro atoms. The third-order valence-electron chi connectivity index (χ3n) is 13.2. The number of aromatic hydroxyl groups is 1. The molecule has 4 aromatic carbocycles. The summed E-state index contributed by atoms with van der Waals surface area (Å²) in [4.78, 5) is 15.9. The van der Waals surface area contributed by atoms with Crippen LogP contribution in [0, 0.1) is 17.3 Å². The number of aliphatic hydroxyl groups excluding tert-OH is 1. The molecule has 53 heavy (non-hydrogen) atoms. The highest BCUT2D eigenvalue weighted by Crippen LogP contribution is 2.61. The first kappa shape index (κ1) is 35.5. The Kier molecular flexibility index (Phi) is 9.62. The Morgan fingerprint density at radius 1 is 0.849 bits per heavy atom. The normalized spacial score (nSPS) is 27.7. The van der Waals surface area contributed by atoms with Crippen molar-refractivity contribution >= 4 is 6.09 Å². The van der Waals surface area contributed by atoms with Crippen LogP contribution in [-0.2, 0) is 21.5 Å². The number of phenols is 1. The molecule has 2 N–H and O–H groups in total. The molecule has 2 saturated carbocycles. The van der Waals surface area contributed by atoms with Gasteiger partial charge in [-0.05, 0) is 127 Å². The summed E-state index contributed by atoms with van der Waals surface area (Å²) in [6.45, 7) is 2.72. The summed E-state index contributed by atoms with van der Waals surface area (Å²) in [7, 11) is 3.30. The molecule has 0 aromatic heterocycles. The Bertz CT molecular complexity index is 1850. The van der Waals surface area contributed by atoms with Gasteiger partial charge in [0.1, 0.15) is 29.0 Å². The average molecular weight is 718 g/mol. The maximum atomic E-state index is 14.2. The number of rotatable bonds is 9. The number of amides is 1. The number of benzene rings is 4. The molecular weight excluding hydrogens is 666 g/mol. The highest BCUT2D eigenvalue weighted by molar-refractivity contribution is 5.69. The van der Waals surface area contributed by atoms with Gasteiger partial charge < -0.3 is 34.1 Å². The number of carbonyl (C=O) groups is 1. The number of methoxy groups -OCH3 is 2. The fourth-order valence-electron chi connectivity index (χ4n) is 10.5. The van der Waals surface area contributed by atoms with E-state index in [4.69, 9.17) is 18.9 Å². The summed E-state index contributed by atoms with van der Waals surface area (Å²) in [5, 5.41) is 21.1. The maximum Gasteiger partial charge on any atom is 0.410 e. The second-order valence-corrected chi connectivity index (χ2v) is 15.8. The molecule has 1 aliphatic heterocycles. The van der Waals surface area contributed by atoms with Gasteiger partial charge in [0.2, 0.25) is 0 Å². The predicted octanol–water partition coefficient (Wildman–Crippen LogP) is 8.21. The Hall–Kier alpha value is -4.53. The number of nitrogens with zero attached hydrogens (tertiary/aromatic N) is 1. The molecule has 7 atom stereocenters. The first-order valence-corrected chi connectivity index (χ1v) is 19.2. The van der Waals surface area contributed by atoms with Gasteiger partial charge in [-0.2, -0.15) is 0 Å². The van der Waals surface area contributed by atoms with E-state index in [0.29, 0.717) is 29.9 Å². The molecular formula is C45H51NO7. The van der Waals surface area contributed by atoms with Gasteiger partial charge in [-0.1, -0.05) is 67.6 Å². The minimum absolute atomic E-state index is 0.0964. The lowest BCUT2D eigenvalue weighted by atomic mass is 9.55. The molecule has 3 fully saturated rings. The van der Waals surface area contributed by atoms with Crippen LogP contribution in [0.2, 0.25) is 0 Å². The molecule has 4 aliphatic rings. The number of hydrogen-bond acceptors (Lipinski definition) is 7. The number of likely N-dealkylation sites (tertiary alicyclic amines) is 1. The highest BCUT2D eigenvalue weighted by atomic mass is 16.6. The third kappa shape index (κ3) is 6.33. The fraction of sp³-hybridized carbons (Fsp3) is 0.444. The Morgan fingerprint density at radius 2 is 1.51 bits per heavy atom. The van der Waals surface area contributed by atoms with Crippen LogP contribution < -0.4 is 9.47 Å². The zero-order valence-corrected chi connectivity index (χ0v) is 30.9. The standard InChI is InChI=1S/C45H51NO7/c1-44-24-23-39-38-20-14-34(47)25-29(38)9-19-40(39)41(44)21-22-42(44)53-43(49)46-27-35(48)26-33(46)28-52-45(30-7-5-4-6-8-30,31-10-15-36(50-2)16-11-31)32-12-17-37(51-3)18-13-32/h4-8,10-18,20,25,33,35,39-42,47-48H,9,19,21-24,26-28H2,1-3H3/t33-,35+,39+,40+,41-,42-,44-/m0/s1. The molecule has 278 valence electrons. The third-order valence-corrected chi connectivity index (χ3v) is 13.2. The number of phenolic OH excluding ortho intramolecular Hbond substituents is 1. The van der Waals surface area contributed by atoms with Gasteiger partial charge in [0, 0.05) is 5.41 Å². The fourth-order valence-corrected chi connectivity index (χ4v) is 10.5. The van der Waals surface area contributed by atoms with Crippen molar-refractivity contribution in [2.75, 3.05) is 27.4 Å². The molecule has 8 heteroatoms. The smallest absolute Gasteiger partial charge is 0.410 e. The SMILES string of the molecule is COc1ccc(C(OC[C@@H]2C[C@@H](O)CN2C(=O)O[C@H]2CC[C@H]3[C@@H]4CCc5cc(O)ccc5[C@H]4CC[C@]23C)(c2ccccc2)c2ccc(OC)cc2)cc1. The van der Waals surface area contributed by atoms with E-state index in [1.807, 2.05) is 78.9 Å². The van der Waals surface area contributed by atoms with Crippen molar-refractivity contribution in [3.63, 3.8) is 0 Å². The van der Waals surface area contributed by atoms with Gasteiger partial charge in [0.15, 0.2) is 0 Å². The molecule has 1 saturated heterocycles. The van der Waals surface area contributed by atoms with Gasteiger partial charge in [-0.15, -0.1) is 0 Å². The largest absolute Gasteiger partial charge is 0.508 e. The number of aryl methyl sites for hydroxylation is 1. The molecule has 0 unspecified atom stereocenters.